The molecule has 186 valence electrons. The van der Waals surface area contributed by atoms with Gasteiger partial charge in [-0.15, -0.1) is 0 Å². The smallest absolute Gasteiger partial charge is 0.340 e. The molecule has 2 heterocycles. The second-order valence-corrected chi connectivity index (χ2v) is 9.11. The minimum absolute atomic E-state index is 0.351. The lowest BCUT2D eigenvalue weighted by Gasteiger charge is -2.37. The maximum absolute atomic E-state index is 13.2. The Labute approximate surface area is 216 Å². The fourth-order valence-electron chi connectivity index (χ4n) is 5.42. The molecule has 1 atom stereocenters. The zero-order valence-corrected chi connectivity index (χ0v) is 21.1. The number of nitrogens with one attached hydrogen (secondary N) is 1. The maximum atomic E-state index is 13.2. The molecule has 0 saturated carbocycles. The van der Waals surface area contributed by atoms with Gasteiger partial charge >= 0.3 is 5.97 Å². The SMILES string of the molecule is CCN(CC)c1ccc2c(c1)Oc1cc(OC)c(Nc3ccccc3)cc1C21OC(=O)c2ccccc21. The second kappa shape index (κ2) is 8.89. The fourth-order valence-corrected chi connectivity index (χ4v) is 5.42. The highest BCUT2D eigenvalue weighted by atomic mass is 16.6. The van der Waals surface area contributed by atoms with Crippen molar-refractivity contribution < 1.29 is 19.0 Å². The van der Waals surface area contributed by atoms with Crippen LogP contribution in [-0.4, -0.2) is 26.2 Å². The van der Waals surface area contributed by atoms with Crippen LogP contribution in [0.25, 0.3) is 0 Å². The summed E-state index contributed by atoms with van der Waals surface area (Å²) < 4.78 is 18.6. The number of nitrogens with zero attached hydrogens (tertiary/aromatic N) is 1. The van der Waals surface area contributed by atoms with Crippen LogP contribution in [0.4, 0.5) is 17.1 Å². The summed E-state index contributed by atoms with van der Waals surface area (Å²) in [6.45, 7) is 6.00. The predicted molar refractivity (Wildman–Crippen MR) is 145 cm³/mol. The van der Waals surface area contributed by atoms with E-state index in [1.54, 1.807) is 7.11 Å². The Bertz CT molecular complexity index is 1500. The molecule has 6 rings (SSSR count). The molecule has 0 radical (unpaired) electrons. The minimum Gasteiger partial charge on any atom is -0.494 e. The van der Waals surface area contributed by atoms with Crippen molar-refractivity contribution in [2.45, 2.75) is 19.4 Å². The van der Waals surface area contributed by atoms with Crippen molar-refractivity contribution in [3.8, 4) is 17.2 Å². The number of esters is 1. The molecule has 2 aliphatic rings. The molecule has 4 aromatic rings. The van der Waals surface area contributed by atoms with Gasteiger partial charge < -0.3 is 24.4 Å². The highest BCUT2D eigenvalue weighted by molar-refractivity contribution is 5.97. The largest absolute Gasteiger partial charge is 0.494 e. The number of carbonyl (C=O) groups is 1. The lowest BCUT2D eigenvalue weighted by Crippen LogP contribution is -2.33. The normalized spacial score (nSPS) is 16.8. The Morgan fingerprint density at radius 1 is 0.838 bits per heavy atom. The van der Waals surface area contributed by atoms with E-state index in [1.807, 2.05) is 78.9 Å². The molecular weight excluding hydrogens is 464 g/mol. The van der Waals surface area contributed by atoms with Gasteiger partial charge in [0.1, 0.15) is 17.2 Å². The van der Waals surface area contributed by atoms with Crippen molar-refractivity contribution in [3.63, 3.8) is 0 Å². The zero-order valence-electron chi connectivity index (χ0n) is 21.1. The summed E-state index contributed by atoms with van der Waals surface area (Å²) in [7, 11) is 1.63. The first-order valence-corrected chi connectivity index (χ1v) is 12.5. The van der Waals surface area contributed by atoms with Crippen molar-refractivity contribution in [3.05, 3.63) is 107 Å². The van der Waals surface area contributed by atoms with E-state index in [0.29, 0.717) is 22.8 Å². The number of benzene rings is 4. The van der Waals surface area contributed by atoms with E-state index in [1.165, 1.54) is 0 Å². The molecular formula is C31H28N2O4. The van der Waals surface area contributed by atoms with Gasteiger partial charge in [0.15, 0.2) is 5.60 Å². The van der Waals surface area contributed by atoms with Gasteiger partial charge in [0.05, 0.1) is 18.4 Å². The van der Waals surface area contributed by atoms with E-state index in [0.717, 1.165) is 46.8 Å². The topological polar surface area (TPSA) is 60.0 Å². The van der Waals surface area contributed by atoms with E-state index in [-0.39, 0.29) is 5.97 Å². The number of rotatable bonds is 6. The molecule has 0 aliphatic carbocycles. The minimum atomic E-state index is -1.14. The standard InChI is InChI=1S/C31H28N2O4/c1-4-33(5-2)21-15-16-24-27(17-21)36-28-19-29(35-3)26(32-20-11-7-6-8-12-20)18-25(28)31(24)23-14-10-9-13-22(23)30(34)37-31/h6-19,32H,4-5H2,1-3H3. The molecule has 0 amide bonds. The summed E-state index contributed by atoms with van der Waals surface area (Å²) in [4.78, 5) is 15.5. The Balaban J connectivity index is 1.60. The molecule has 1 unspecified atom stereocenters. The lowest BCUT2D eigenvalue weighted by atomic mass is 9.77. The quantitative estimate of drug-likeness (QED) is 0.297. The number of fused-ring (bicyclic) bond motifs is 6. The van der Waals surface area contributed by atoms with Crippen molar-refractivity contribution >= 4 is 23.0 Å². The molecule has 1 N–H and O–H groups in total. The van der Waals surface area contributed by atoms with Gasteiger partial charge in [0, 0.05) is 53.3 Å². The molecule has 0 bridgehead atoms. The van der Waals surface area contributed by atoms with E-state index in [4.69, 9.17) is 14.2 Å². The summed E-state index contributed by atoms with van der Waals surface area (Å²) >= 11 is 0. The van der Waals surface area contributed by atoms with Crippen LogP contribution in [0.1, 0.15) is 40.9 Å². The van der Waals surface area contributed by atoms with Crippen molar-refractivity contribution in [2.24, 2.45) is 0 Å². The summed E-state index contributed by atoms with van der Waals surface area (Å²) in [5.41, 5.74) is 4.48. The number of anilines is 3. The first-order chi connectivity index (χ1) is 18.1. The third-order valence-electron chi connectivity index (χ3n) is 7.20. The average molecular weight is 493 g/mol. The molecule has 0 fully saturated rings. The summed E-state index contributed by atoms with van der Waals surface area (Å²) in [5, 5.41) is 3.45. The van der Waals surface area contributed by atoms with Gasteiger partial charge in [-0.2, -0.15) is 0 Å². The maximum Gasteiger partial charge on any atom is 0.340 e. The van der Waals surface area contributed by atoms with Crippen LogP contribution in [0.15, 0.2) is 84.9 Å². The number of methoxy groups -OCH3 is 1. The van der Waals surface area contributed by atoms with Gasteiger partial charge in [-0.25, -0.2) is 4.79 Å². The highest BCUT2D eigenvalue weighted by Gasteiger charge is 2.53. The summed E-state index contributed by atoms with van der Waals surface area (Å²) in [6, 6.07) is 27.4. The molecule has 0 aromatic heterocycles. The molecule has 6 nitrogen and oxygen atoms in total. The van der Waals surface area contributed by atoms with Crippen molar-refractivity contribution in [2.75, 3.05) is 30.4 Å². The summed E-state index contributed by atoms with van der Waals surface area (Å²) in [5.74, 6) is 1.52. The van der Waals surface area contributed by atoms with Crippen LogP contribution in [0, 0.1) is 0 Å². The number of para-hydroxylation sites is 1. The van der Waals surface area contributed by atoms with Gasteiger partial charge in [0.2, 0.25) is 0 Å². The van der Waals surface area contributed by atoms with Gasteiger partial charge in [-0.3, -0.25) is 0 Å². The van der Waals surface area contributed by atoms with Gasteiger partial charge in [0.25, 0.3) is 0 Å². The van der Waals surface area contributed by atoms with Crippen LogP contribution in [0.3, 0.4) is 0 Å². The third-order valence-corrected chi connectivity index (χ3v) is 7.20. The Hall–Kier alpha value is -4.45. The monoisotopic (exact) mass is 492 g/mol. The van der Waals surface area contributed by atoms with Crippen molar-refractivity contribution in [1.82, 2.24) is 0 Å². The molecule has 0 saturated heterocycles. The van der Waals surface area contributed by atoms with Crippen LogP contribution in [0.5, 0.6) is 17.2 Å². The molecule has 6 heteroatoms. The van der Waals surface area contributed by atoms with E-state index in [9.17, 15) is 4.79 Å². The molecule has 1 spiro atoms. The van der Waals surface area contributed by atoms with Crippen LogP contribution in [0.2, 0.25) is 0 Å². The van der Waals surface area contributed by atoms with Crippen LogP contribution < -0.4 is 19.7 Å². The molecule has 2 aliphatic heterocycles. The number of hydrogen-bond donors (Lipinski definition) is 1. The van der Waals surface area contributed by atoms with Crippen molar-refractivity contribution in [1.29, 1.82) is 0 Å². The lowest BCUT2D eigenvalue weighted by molar-refractivity contribution is 0.0224. The second-order valence-electron chi connectivity index (χ2n) is 9.11. The summed E-state index contributed by atoms with van der Waals surface area (Å²) in [6.07, 6.45) is 0. The van der Waals surface area contributed by atoms with Gasteiger partial charge in [-0.1, -0.05) is 36.4 Å². The first-order valence-electron chi connectivity index (χ1n) is 12.5. The van der Waals surface area contributed by atoms with Gasteiger partial charge in [-0.05, 0) is 50.2 Å². The Morgan fingerprint density at radius 3 is 2.32 bits per heavy atom. The Kier molecular flexibility index (Phi) is 5.52. The number of hydrogen-bond acceptors (Lipinski definition) is 6. The molecule has 4 aromatic carbocycles. The van der Waals surface area contributed by atoms with Crippen LogP contribution >= 0.6 is 0 Å². The third kappa shape index (κ3) is 3.51. The molecule has 37 heavy (non-hydrogen) atoms. The van der Waals surface area contributed by atoms with E-state index < -0.39 is 5.60 Å². The van der Waals surface area contributed by atoms with E-state index >= 15 is 0 Å². The average Bonchev–Trinajstić information content (AvgIpc) is 3.23. The number of carbonyl (C=O) groups excluding carboxylic acids is 1. The number of ether oxygens (including phenoxy) is 3. The fraction of sp³-hybridized carbons (Fsp3) is 0.194. The Morgan fingerprint density at radius 2 is 1.57 bits per heavy atom. The first kappa shape index (κ1) is 23.0. The van der Waals surface area contributed by atoms with Crippen LogP contribution in [-0.2, 0) is 10.3 Å². The zero-order chi connectivity index (χ0) is 25.6. The highest BCUT2D eigenvalue weighted by Crippen LogP contribution is 2.58. The van der Waals surface area contributed by atoms with E-state index in [2.05, 4.69) is 30.1 Å². The predicted octanol–water partition coefficient (Wildman–Crippen LogP) is 6.85.